The lowest BCUT2D eigenvalue weighted by molar-refractivity contribution is 0.0949. The SMILES string of the molecule is O=C(N/N=C/c1ccc(N2CCCC2)cc1)c1nn(Cc2ccccc2)c(=O)c2ccccc12. The number of hydrogen-bond donors (Lipinski definition) is 1. The molecule has 0 spiro atoms. The van der Waals surface area contributed by atoms with Crippen LogP contribution in [-0.2, 0) is 6.54 Å². The molecular weight excluding hydrogens is 426 g/mol. The summed E-state index contributed by atoms with van der Waals surface area (Å²) < 4.78 is 1.33. The number of aromatic nitrogens is 2. The molecule has 1 aromatic heterocycles. The molecule has 7 nitrogen and oxygen atoms in total. The molecule has 1 aliphatic rings. The van der Waals surface area contributed by atoms with Crippen LogP contribution in [0.25, 0.3) is 10.8 Å². The zero-order chi connectivity index (χ0) is 23.3. The van der Waals surface area contributed by atoms with Crippen molar-refractivity contribution in [1.82, 2.24) is 15.2 Å². The highest BCUT2D eigenvalue weighted by Crippen LogP contribution is 2.20. The summed E-state index contributed by atoms with van der Waals surface area (Å²) in [6.07, 6.45) is 4.07. The first-order valence-electron chi connectivity index (χ1n) is 11.4. The fourth-order valence-electron chi connectivity index (χ4n) is 4.23. The maximum Gasteiger partial charge on any atom is 0.292 e. The van der Waals surface area contributed by atoms with Crippen LogP contribution >= 0.6 is 0 Å². The average Bonchev–Trinajstić information content (AvgIpc) is 3.42. The predicted octanol–water partition coefficient (Wildman–Crippen LogP) is 3.81. The normalized spacial score (nSPS) is 13.6. The fraction of sp³-hybridized carbons (Fsp3) is 0.185. The monoisotopic (exact) mass is 451 g/mol. The van der Waals surface area contributed by atoms with Crippen molar-refractivity contribution in [1.29, 1.82) is 0 Å². The van der Waals surface area contributed by atoms with Crippen molar-refractivity contribution < 1.29 is 4.79 Å². The van der Waals surface area contributed by atoms with E-state index in [0.717, 1.165) is 24.2 Å². The minimum atomic E-state index is -0.469. The lowest BCUT2D eigenvalue weighted by atomic mass is 10.1. The quantitative estimate of drug-likeness (QED) is 0.357. The Morgan fingerprint density at radius 1 is 0.912 bits per heavy atom. The number of carbonyl (C=O) groups is 1. The molecule has 1 aliphatic heterocycles. The van der Waals surface area contributed by atoms with E-state index in [1.54, 1.807) is 30.5 Å². The molecule has 0 unspecified atom stereocenters. The molecule has 1 saturated heterocycles. The van der Waals surface area contributed by atoms with Crippen molar-refractivity contribution in [2.45, 2.75) is 19.4 Å². The van der Waals surface area contributed by atoms with Gasteiger partial charge in [-0.2, -0.15) is 10.2 Å². The molecule has 170 valence electrons. The Bertz CT molecular complexity index is 1390. The molecule has 0 bridgehead atoms. The Kier molecular flexibility index (Phi) is 6.16. The van der Waals surface area contributed by atoms with E-state index in [1.165, 1.54) is 23.2 Å². The van der Waals surface area contributed by atoms with Crippen molar-refractivity contribution in [3.63, 3.8) is 0 Å². The van der Waals surface area contributed by atoms with Crippen molar-refractivity contribution in [2.24, 2.45) is 5.10 Å². The van der Waals surface area contributed by atoms with Gasteiger partial charge < -0.3 is 4.90 Å². The maximum absolute atomic E-state index is 13.0. The van der Waals surface area contributed by atoms with E-state index in [0.29, 0.717) is 10.8 Å². The van der Waals surface area contributed by atoms with Crippen LogP contribution in [0.4, 0.5) is 5.69 Å². The lowest BCUT2D eigenvalue weighted by Crippen LogP contribution is -2.29. The number of hydrazone groups is 1. The lowest BCUT2D eigenvalue weighted by Gasteiger charge is -2.17. The van der Waals surface area contributed by atoms with Gasteiger partial charge in [-0.25, -0.2) is 10.1 Å². The van der Waals surface area contributed by atoms with Gasteiger partial charge in [0.1, 0.15) is 0 Å². The van der Waals surface area contributed by atoms with Gasteiger partial charge >= 0.3 is 0 Å². The van der Waals surface area contributed by atoms with Crippen molar-refractivity contribution in [3.8, 4) is 0 Å². The molecule has 5 rings (SSSR count). The van der Waals surface area contributed by atoms with E-state index in [-0.39, 0.29) is 17.8 Å². The molecule has 0 aliphatic carbocycles. The molecule has 34 heavy (non-hydrogen) atoms. The van der Waals surface area contributed by atoms with Gasteiger partial charge in [0.05, 0.1) is 18.1 Å². The van der Waals surface area contributed by atoms with Crippen LogP contribution in [0.2, 0.25) is 0 Å². The van der Waals surface area contributed by atoms with E-state index in [9.17, 15) is 9.59 Å². The number of fused-ring (bicyclic) bond motifs is 1. The molecule has 1 fully saturated rings. The van der Waals surface area contributed by atoms with Gasteiger partial charge in [-0.1, -0.05) is 60.7 Å². The summed E-state index contributed by atoms with van der Waals surface area (Å²) in [5, 5.41) is 9.46. The second-order valence-corrected chi connectivity index (χ2v) is 8.33. The second-order valence-electron chi connectivity index (χ2n) is 8.33. The van der Waals surface area contributed by atoms with Crippen LogP contribution in [-0.4, -0.2) is 35.0 Å². The van der Waals surface area contributed by atoms with Gasteiger partial charge in [0, 0.05) is 24.2 Å². The first kappa shape index (κ1) is 21.6. The number of rotatable bonds is 6. The topological polar surface area (TPSA) is 79.6 Å². The van der Waals surface area contributed by atoms with E-state index in [4.69, 9.17) is 0 Å². The minimum Gasteiger partial charge on any atom is -0.372 e. The van der Waals surface area contributed by atoms with E-state index < -0.39 is 5.91 Å². The van der Waals surface area contributed by atoms with Crippen LogP contribution in [0.1, 0.15) is 34.5 Å². The number of nitrogens with zero attached hydrogens (tertiary/aromatic N) is 4. The zero-order valence-electron chi connectivity index (χ0n) is 18.7. The molecule has 4 aromatic rings. The summed E-state index contributed by atoms with van der Waals surface area (Å²) >= 11 is 0. The molecule has 1 amide bonds. The number of carbonyl (C=O) groups excluding carboxylic acids is 1. The largest absolute Gasteiger partial charge is 0.372 e. The van der Waals surface area contributed by atoms with Crippen LogP contribution in [0.3, 0.4) is 0 Å². The van der Waals surface area contributed by atoms with Crippen LogP contribution in [0.5, 0.6) is 0 Å². The summed E-state index contributed by atoms with van der Waals surface area (Å²) in [4.78, 5) is 28.3. The smallest absolute Gasteiger partial charge is 0.292 e. The highest BCUT2D eigenvalue weighted by Gasteiger charge is 2.16. The Labute approximate surface area is 197 Å². The third kappa shape index (κ3) is 4.59. The summed E-state index contributed by atoms with van der Waals surface area (Å²) in [5.74, 6) is -0.469. The molecule has 3 aromatic carbocycles. The molecule has 0 atom stereocenters. The first-order chi connectivity index (χ1) is 16.7. The Hall–Kier alpha value is -4.26. The Morgan fingerprint density at radius 2 is 1.59 bits per heavy atom. The van der Waals surface area contributed by atoms with Gasteiger partial charge in [0.25, 0.3) is 11.5 Å². The third-order valence-electron chi connectivity index (χ3n) is 6.00. The van der Waals surface area contributed by atoms with Crippen LogP contribution in [0.15, 0.2) is 88.8 Å². The maximum atomic E-state index is 13.0. The van der Waals surface area contributed by atoms with E-state index in [2.05, 4.69) is 32.7 Å². The van der Waals surface area contributed by atoms with Gasteiger partial charge in [-0.15, -0.1) is 0 Å². The highest BCUT2D eigenvalue weighted by atomic mass is 16.2. The summed E-state index contributed by atoms with van der Waals surface area (Å²) in [5.41, 5.74) is 5.50. The summed E-state index contributed by atoms with van der Waals surface area (Å²) in [6.45, 7) is 2.46. The number of nitrogens with one attached hydrogen (secondary N) is 1. The number of benzene rings is 3. The Balaban J connectivity index is 1.37. The number of hydrogen-bond acceptors (Lipinski definition) is 5. The fourth-order valence-corrected chi connectivity index (χ4v) is 4.23. The highest BCUT2D eigenvalue weighted by molar-refractivity contribution is 6.05. The molecule has 2 heterocycles. The molecule has 7 heteroatoms. The molecule has 0 radical (unpaired) electrons. The Morgan fingerprint density at radius 3 is 2.32 bits per heavy atom. The average molecular weight is 452 g/mol. The zero-order valence-corrected chi connectivity index (χ0v) is 18.7. The molecule has 0 saturated carbocycles. The third-order valence-corrected chi connectivity index (χ3v) is 6.00. The molecular formula is C27H25N5O2. The van der Waals surface area contributed by atoms with Gasteiger partial charge in [0.2, 0.25) is 0 Å². The predicted molar refractivity (Wildman–Crippen MR) is 134 cm³/mol. The standard InChI is InChI=1S/C27H25N5O2/c33-26(29-28-18-20-12-14-22(15-13-20)31-16-6-7-17-31)25-23-10-4-5-11-24(23)27(34)32(30-25)19-21-8-2-1-3-9-21/h1-5,8-15,18H,6-7,16-17,19H2,(H,29,33)/b28-18+. The van der Waals surface area contributed by atoms with E-state index in [1.807, 2.05) is 42.5 Å². The van der Waals surface area contributed by atoms with Crippen molar-refractivity contribution in [2.75, 3.05) is 18.0 Å². The minimum absolute atomic E-state index is 0.160. The number of anilines is 1. The summed E-state index contributed by atoms with van der Waals surface area (Å²) in [6, 6.07) is 24.7. The van der Waals surface area contributed by atoms with Crippen molar-refractivity contribution in [3.05, 3.63) is 106 Å². The molecule has 1 N–H and O–H groups in total. The van der Waals surface area contributed by atoms with Crippen molar-refractivity contribution >= 4 is 28.6 Å². The van der Waals surface area contributed by atoms with Gasteiger partial charge in [-0.3, -0.25) is 9.59 Å². The van der Waals surface area contributed by atoms with Crippen LogP contribution in [0, 0.1) is 0 Å². The first-order valence-corrected chi connectivity index (χ1v) is 11.4. The van der Waals surface area contributed by atoms with E-state index >= 15 is 0 Å². The number of amides is 1. The van der Waals surface area contributed by atoms with Crippen LogP contribution < -0.4 is 15.9 Å². The summed E-state index contributed by atoms with van der Waals surface area (Å²) in [7, 11) is 0. The second kappa shape index (κ2) is 9.70. The van der Waals surface area contributed by atoms with Gasteiger partial charge in [-0.05, 0) is 42.2 Å². The van der Waals surface area contributed by atoms with Gasteiger partial charge in [0.15, 0.2) is 5.69 Å².